The number of aliphatic hydroxyl groups is 6. The van der Waals surface area contributed by atoms with Gasteiger partial charge in [-0.2, -0.15) is 0 Å². The summed E-state index contributed by atoms with van der Waals surface area (Å²) in [5.41, 5.74) is 0. The highest BCUT2D eigenvalue weighted by atomic mass is 32.2. The Bertz CT molecular complexity index is 411. The molecule has 2 fully saturated rings. The van der Waals surface area contributed by atoms with Crippen LogP contribution in [0.4, 0.5) is 0 Å². The highest BCUT2D eigenvalue weighted by Crippen LogP contribution is 2.33. The second-order valence-corrected chi connectivity index (χ2v) is 7.20. The molecule has 2 aliphatic rings. The highest BCUT2D eigenvalue weighted by Gasteiger charge is 2.47. The SMILES string of the molecule is CO[C@H]1O[C@H](CS[C@@H]2[C@H](OC)O[C@H](CO)[C@@H](O)[C@@H]2O)[C@@H](O)[C@H](O)[C@@H]1O. The normalized spacial score (nSPS) is 48.5. The number of ether oxygens (including phenoxy) is 4. The topological polar surface area (TPSA) is 158 Å². The molecule has 0 unspecified atom stereocenters. The van der Waals surface area contributed by atoms with E-state index in [0.717, 1.165) is 11.8 Å². The van der Waals surface area contributed by atoms with Crippen molar-refractivity contribution in [2.24, 2.45) is 0 Å². The van der Waals surface area contributed by atoms with Crippen molar-refractivity contribution in [1.82, 2.24) is 0 Å². The Balaban J connectivity index is 2.00. The van der Waals surface area contributed by atoms with Gasteiger partial charge in [-0.15, -0.1) is 11.8 Å². The van der Waals surface area contributed by atoms with Gasteiger partial charge in [-0.3, -0.25) is 0 Å². The fourth-order valence-electron chi connectivity index (χ4n) is 2.88. The minimum Gasteiger partial charge on any atom is -0.394 e. The molecule has 0 aliphatic carbocycles. The van der Waals surface area contributed by atoms with E-state index in [0.29, 0.717) is 0 Å². The van der Waals surface area contributed by atoms with Gasteiger partial charge in [0.2, 0.25) is 0 Å². The molecule has 10 atom stereocenters. The number of hydrogen-bond acceptors (Lipinski definition) is 11. The van der Waals surface area contributed by atoms with Gasteiger partial charge in [0.05, 0.1) is 24.1 Å². The molecule has 0 aromatic rings. The van der Waals surface area contributed by atoms with Gasteiger partial charge in [-0.25, -0.2) is 0 Å². The smallest absolute Gasteiger partial charge is 0.186 e. The number of rotatable bonds is 6. The van der Waals surface area contributed by atoms with Crippen LogP contribution >= 0.6 is 11.8 Å². The lowest BCUT2D eigenvalue weighted by Gasteiger charge is -2.43. The Hall–Kier alpha value is -0.0500. The van der Waals surface area contributed by atoms with Crippen LogP contribution in [0.1, 0.15) is 0 Å². The van der Waals surface area contributed by atoms with Crippen LogP contribution < -0.4 is 0 Å². The van der Waals surface area contributed by atoms with Crippen molar-refractivity contribution in [3.05, 3.63) is 0 Å². The lowest BCUT2D eigenvalue weighted by Crippen LogP contribution is -2.60. The van der Waals surface area contributed by atoms with Gasteiger partial charge in [0.1, 0.15) is 30.5 Å². The summed E-state index contributed by atoms with van der Waals surface area (Å²) < 4.78 is 20.9. The minimum atomic E-state index is -1.44. The molecule has 2 aliphatic heterocycles. The highest BCUT2D eigenvalue weighted by molar-refractivity contribution is 8.00. The van der Waals surface area contributed by atoms with Crippen molar-refractivity contribution in [3.63, 3.8) is 0 Å². The third kappa shape index (κ3) is 4.45. The van der Waals surface area contributed by atoms with Crippen LogP contribution in [-0.2, 0) is 18.9 Å². The van der Waals surface area contributed by atoms with E-state index in [2.05, 4.69) is 0 Å². The Morgan fingerprint density at radius 2 is 1.32 bits per heavy atom. The summed E-state index contributed by atoms with van der Waals surface area (Å²) >= 11 is 1.11. The molecule has 0 spiro atoms. The predicted octanol–water partition coefficient (Wildman–Crippen LogP) is -3.37. The first-order chi connectivity index (χ1) is 11.8. The maximum absolute atomic E-state index is 10.3. The summed E-state index contributed by atoms with van der Waals surface area (Å²) in [4.78, 5) is 0. The van der Waals surface area contributed by atoms with Crippen LogP contribution in [0, 0.1) is 0 Å². The minimum absolute atomic E-state index is 0.103. The Morgan fingerprint density at radius 3 is 1.88 bits per heavy atom. The summed E-state index contributed by atoms with van der Waals surface area (Å²) in [6.07, 6.45) is -10.6. The molecule has 148 valence electrons. The van der Waals surface area contributed by atoms with Crippen molar-refractivity contribution in [3.8, 4) is 0 Å². The fourth-order valence-corrected chi connectivity index (χ4v) is 4.26. The molecule has 0 saturated carbocycles. The molecule has 11 heteroatoms. The van der Waals surface area contributed by atoms with Gasteiger partial charge in [0.15, 0.2) is 12.6 Å². The van der Waals surface area contributed by atoms with E-state index in [1.54, 1.807) is 0 Å². The number of aliphatic hydroxyl groups excluding tert-OH is 6. The largest absolute Gasteiger partial charge is 0.394 e. The molecule has 0 aromatic heterocycles. The van der Waals surface area contributed by atoms with Crippen molar-refractivity contribution < 1.29 is 49.6 Å². The average molecular weight is 386 g/mol. The monoisotopic (exact) mass is 386 g/mol. The first-order valence-electron chi connectivity index (χ1n) is 7.85. The van der Waals surface area contributed by atoms with Gasteiger partial charge in [-0.1, -0.05) is 0 Å². The molecular weight excluding hydrogens is 360 g/mol. The van der Waals surface area contributed by atoms with E-state index >= 15 is 0 Å². The van der Waals surface area contributed by atoms with Crippen LogP contribution in [0.2, 0.25) is 0 Å². The van der Waals surface area contributed by atoms with Crippen LogP contribution in [0.15, 0.2) is 0 Å². The fraction of sp³-hybridized carbons (Fsp3) is 1.00. The van der Waals surface area contributed by atoms with E-state index < -0.39 is 67.2 Å². The number of hydrogen-bond donors (Lipinski definition) is 6. The van der Waals surface area contributed by atoms with Gasteiger partial charge >= 0.3 is 0 Å². The maximum atomic E-state index is 10.3. The summed E-state index contributed by atoms with van der Waals surface area (Å²) in [5, 5.41) is 58.4. The van der Waals surface area contributed by atoms with Crippen LogP contribution in [0.3, 0.4) is 0 Å². The standard InChI is InChI=1S/C14H26O10S/c1-21-13-11(20)9(18)8(17)6(24-13)4-25-12-10(19)7(16)5(3-15)23-14(12)22-2/h5-20H,3-4H2,1-2H3/t5-,6-,7-,8-,9+,10+,11+,12+,13+,14-/m1/s1. The van der Waals surface area contributed by atoms with E-state index in [4.69, 9.17) is 18.9 Å². The van der Waals surface area contributed by atoms with Crippen LogP contribution in [0.25, 0.3) is 0 Å². The molecule has 2 rings (SSSR count). The van der Waals surface area contributed by atoms with E-state index in [1.165, 1.54) is 14.2 Å². The zero-order chi connectivity index (χ0) is 18.7. The molecule has 0 amide bonds. The molecule has 0 radical (unpaired) electrons. The van der Waals surface area contributed by atoms with Gasteiger partial charge in [0.25, 0.3) is 0 Å². The third-order valence-corrected chi connectivity index (χ3v) is 5.82. The third-order valence-electron chi connectivity index (χ3n) is 4.41. The Morgan fingerprint density at radius 1 is 0.760 bits per heavy atom. The molecule has 2 saturated heterocycles. The maximum Gasteiger partial charge on any atom is 0.186 e. The van der Waals surface area contributed by atoms with Crippen LogP contribution in [0.5, 0.6) is 0 Å². The molecule has 10 nitrogen and oxygen atoms in total. The zero-order valence-electron chi connectivity index (χ0n) is 13.9. The zero-order valence-corrected chi connectivity index (χ0v) is 14.7. The lowest BCUT2D eigenvalue weighted by atomic mass is 10.00. The second kappa shape index (κ2) is 9.24. The summed E-state index contributed by atoms with van der Waals surface area (Å²) in [6.45, 7) is -0.473. The van der Waals surface area contributed by atoms with Crippen molar-refractivity contribution in [2.45, 2.75) is 60.6 Å². The molecule has 6 N–H and O–H groups in total. The Labute approximate surface area is 149 Å². The lowest BCUT2D eigenvalue weighted by molar-refractivity contribution is -0.285. The predicted molar refractivity (Wildman–Crippen MR) is 84.7 cm³/mol. The van der Waals surface area contributed by atoms with Crippen molar-refractivity contribution in [2.75, 3.05) is 26.6 Å². The molecule has 0 bridgehead atoms. The van der Waals surface area contributed by atoms with Crippen molar-refractivity contribution >= 4 is 11.8 Å². The van der Waals surface area contributed by atoms with Gasteiger partial charge in [-0.05, 0) is 0 Å². The van der Waals surface area contributed by atoms with E-state index in [9.17, 15) is 30.6 Å². The molecule has 25 heavy (non-hydrogen) atoms. The van der Waals surface area contributed by atoms with Gasteiger partial charge in [0, 0.05) is 20.0 Å². The first-order valence-corrected chi connectivity index (χ1v) is 8.89. The molecular formula is C14H26O10S. The molecule has 2 heterocycles. The van der Waals surface area contributed by atoms with E-state index in [1.807, 2.05) is 0 Å². The summed E-state index contributed by atoms with van der Waals surface area (Å²) in [7, 11) is 2.66. The summed E-state index contributed by atoms with van der Waals surface area (Å²) in [6, 6.07) is 0. The number of thioether (sulfide) groups is 1. The quantitative estimate of drug-likeness (QED) is 0.271. The van der Waals surface area contributed by atoms with E-state index in [-0.39, 0.29) is 5.75 Å². The number of methoxy groups -OCH3 is 2. The molecule has 0 aromatic carbocycles. The Kier molecular flexibility index (Phi) is 7.85. The van der Waals surface area contributed by atoms with Gasteiger partial charge < -0.3 is 49.6 Å². The summed E-state index contributed by atoms with van der Waals surface area (Å²) in [5.74, 6) is 0.103. The average Bonchev–Trinajstić information content (AvgIpc) is 2.62. The second-order valence-electron chi connectivity index (χ2n) is 5.99. The van der Waals surface area contributed by atoms with Crippen molar-refractivity contribution in [1.29, 1.82) is 0 Å². The first kappa shape index (κ1) is 21.3. The van der Waals surface area contributed by atoms with Crippen LogP contribution in [-0.4, -0.2) is 118 Å².